The van der Waals surface area contributed by atoms with Crippen molar-refractivity contribution in [1.82, 2.24) is 8.96 Å². The van der Waals surface area contributed by atoms with Gasteiger partial charge in [-0.05, 0) is 60.7 Å². The number of benzene rings is 3. The molecule has 5 N–H and O–H groups in total. The molecule has 0 unspecified atom stereocenters. The molecule has 5 aromatic rings. The summed E-state index contributed by atoms with van der Waals surface area (Å²) in [7, 11) is -11.9. The van der Waals surface area contributed by atoms with Gasteiger partial charge in [-0.1, -0.05) is 41.4 Å². The van der Waals surface area contributed by atoms with Crippen molar-refractivity contribution in [2.75, 3.05) is 0 Å². The summed E-state index contributed by atoms with van der Waals surface area (Å²) < 4.78 is 71.8. The Balaban J connectivity index is 0.000000222. The first-order valence-electron chi connectivity index (χ1n) is 12.4. The van der Waals surface area contributed by atoms with E-state index in [0.29, 0.717) is 5.56 Å². The van der Waals surface area contributed by atoms with Gasteiger partial charge >= 0.3 is 0 Å². The maximum Gasteiger partial charge on any atom is 0.267 e. The Morgan fingerprint density at radius 3 is 1.62 bits per heavy atom. The number of aromatic amines is 1. The molecule has 0 saturated heterocycles. The number of rotatable bonds is 8. The van der Waals surface area contributed by atoms with E-state index in [2.05, 4.69) is 4.98 Å². The van der Waals surface area contributed by atoms with Crippen LogP contribution < -0.4 is 10.3 Å². The highest BCUT2D eigenvalue weighted by molar-refractivity contribution is 7.90. The molecular formula is C28H22Cl2N4O8S3. The van der Waals surface area contributed by atoms with Gasteiger partial charge in [-0.25, -0.2) is 39.5 Å². The third-order valence-electron chi connectivity index (χ3n) is 6.11. The average Bonchev–Trinajstić information content (AvgIpc) is 3.70. The van der Waals surface area contributed by atoms with Crippen molar-refractivity contribution in [3.05, 3.63) is 136 Å². The van der Waals surface area contributed by atoms with E-state index >= 15 is 0 Å². The third kappa shape index (κ3) is 7.77. The van der Waals surface area contributed by atoms with Crippen molar-refractivity contribution in [1.29, 1.82) is 0 Å². The maximum absolute atomic E-state index is 12.6. The van der Waals surface area contributed by atoms with E-state index in [0.717, 1.165) is 16.2 Å². The summed E-state index contributed by atoms with van der Waals surface area (Å²) in [6, 6.07) is 18.3. The minimum Gasteiger partial charge on any atom is -0.367 e. The third-order valence-corrected chi connectivity index (χ3v) is 10.5. The van der Waals surface area contributed by atoms with E-state index in [4.69, 9.17) is 33.5 Å². The van der Waals surface area contributed by atoms with E-state index in [1.165, 1.54) is 60.9 Å². The number of nitrogens with one attached hydrogen (secondary N) is 1. The Hall–Kier alpha value is -4.09. The second-order valence-corrected chi connectivity index (χ2v) is 14.9. The van der Waals surface area contributed by atoms with Crippen molar-refractivity contribution >= 4 is 64.8 Å². The number of hydrogen-bond acceptors (Lipinski definition) is 8. The highest BCUT2D eigenvalue weighted by Crippen LogP contribution is 2.25. The molecule has 2 aromatic heterocycles. The van der Waals surface area contributed by atoms with Crippen molar-refractivity contribution in [3.8, 4) is 0 Å². The molecule has 0 atom stereocenters. The Kier molecular flexibility index (Phi) is 9.84. The zero-order chi connectivity index (χ0) is 33.2. The maximum atomic E-state index is 12.6. The molecule has 5 rings (SSSR count). The summed E-state index contributed by atoms with van der Waals surface area (Å²) in [5, 5.41) is 9.98. The van der Waals surface area contributed by atoms with Crippen molar-refractivity contribution < 1.29 is 34.8 Å². The standard InChI is InChI=1S/C17H13ClN2O5S2.C11H9ClN2O3S/c18-15-7-6-12(10-16(15)26(19,22)23)17(21)13-8-9-20(11-13)27(24,25)14-4-2-1-3-5-14;12-9-2-1-7(5-10(9)18(13,16)17)11(15)8-3-4-14-6-8/h1-11H,(H2,19,22,23);1-6,14H,(H2,13,16,17). The largest absolute Gasteiger partial charge is 0.367 e. The first kappa shape index (κ1) is 33.8. The van der Waals surface area contributed by atoms with Gasteiger partial charge in [0.25, 0.3) is 10.0 Å². The molecule has 0 saturated carbocycles. The molecule has 0 radical (unpaired) electrons. The number of halogens is 2. The molecule has 0 spiro atoms. The van der Waals surface area contributed by atoms with Gasteiger partial charge in [0.1, 0.15) is 9.79 Å². The van der Waals surface area contributed by atoms with Crippen LogP contribution in [-0.2, 0) is 30.1 Å². The van der Waals surface area contributed by atoms with E-state index < -0.39 is 35.9 Å². The average molecular weight is 710 g/mol. The lowest BCUT2D eigenvalue weighted by atomic mass is 10.1. The predicted molar refractivity (Wildman–Crippen MR) is 167 cm³/mol. The molecule has 0 aliphatic heterocycles. The van der Waals surface area contributed by atoms with Crippen LogP contribution in [0, 0.1) is 0 Å². The second kappa shape index (κ2) is 13.1. The molecule has 0 fully saturated rings. The van der Waals surface area contributed by atoms with Gasteiger partial charge in [0, 0.05) is 47.0 Å². The molecule has 0 bridgehead atoms. The molecule has 3 aromatic carbocycles. The van der Waals surface area contributed by atoms with Crippen LogP contribution in [0.3, 0.4) is 0 Å². The first-order valence-corrected chi connectivity index (χ1v) is 17.6. The van der Waals surface area contributed by atoms with Crippen LogP contribution in [-0.4, -0.2) is 45.8 Å². The van der Waals surface area contributed by atoms with Gasteiger partial charge in [-0.3, -0.25) is 9.59 Å². The molecule has 0 aliphatic carbocycles. The Morgan fingerprint density at radius 1 is 0.644 bits per heavy atom. The number of carbonyl (C=O) groups excluding carboxylic acids is 2. The van der Waals surface area contributed by atoms with Crippen molar-refractivity contribution in [2.24, 2.45) is 10.3 Å². The zero-order valence-corrected chi connectivity index (χ0v) is 26.6. The summed E-state index contributed by atoms with van der Waals surface area (Å²) in [6.45, 7) is 0. The van der Waals surface area contributed by atoms with Crippen LogP contribution in [0.2, 0.25) is 10.0 Å². The van der Waals surface area contributed by atoms with Crippen LogP contribution in [0.15, 0.2) is 118 Å². The number of ketones is 2. The fourth-order valence-corrected chi connectivity index (χ4v) is 7.26. The molecule has 45 heavy (non-hydrogen) atoms. The molecule has 12 nitrogen and oxygen atoms in total. The molecule has 0 amide bonds. The van der Waals surface area contributed by atoms with Crippen molar-refractivity contribution in [2.45, 2.75) is 14.7 Å². The minimum absolute atomic E-state index is 0.0110. The smallest absolute Gasteiger partial charge is 0.267 e. The van der Waals surface area contributed by atoms with Gasteiger partial charge < -0.3 is 4.98 Å². The number of hydrogen-bond donors (Lipinski definition) is 3. The summed E-state index contributed by atoms with van der Waals surface area (Å²) in [4.78, 5) is 26.8. The second-order valence-electron chi connectivity index (χ2n) is 9.19. The number of aromatic nitrogens is 2. The highest BCUT2D eigenvalue weighted by atomic mass is 35.5. The number of nitrogens with two attached hydrogens (primary N) is 2. The Morgan fingerprint density at radius 2 is 1.16 bits per heavy atom. The molecule has 234 valence electrons. The van der Waals surface area contributed by atoms with Gasteiger partial charge in [0.05, 0.1) is 14.9 Å². The zero-order valence-electron chi connectivity index (χ0n) is 22.7. The van der Waals surface area contributed by atoms with Crippen LogP contribution >= 0.6 is 23.2 Å². The van der Waals surface area contributed by atoms with Crippen molar-refractivity contribution in [3.63, 3.8) is 0 Å². The fourth-order valence-electron chi connectivity index (χ4n) is 3.90. The lowest BCUT2D eigenvalue weighted by Gasteiger charge is -2.06. The van der Waals surface area contributed by atoms with Gasteiger partial charge in [0.2, 0.25) is 20.0 Å². The van der Waals surface area contributed by atoms with Crippen LogP contribution in [0.4, 0.5) is 0 Å². The highest BCUT2D eigenvalue weighted by Gasteiger charge is 2.21. The van der Waals surface area contributed by atoms with E-state index in [1.54, 1.807) is 30.5 Å². The summed E-state index contributed by atoms with van der Waals surface area (Å²) >= 11 is 11.5. The summed E-state index contributed by atoms with van der Waals surface area (Å²) in [6.07, 6.45) is 5.53. The monoisotopic (exact) mass is 708 g/mol. The number of nitrogens with zero attached hydrogens (tertiary/aromatic N) is 1. The lowest BCUT2D eigenvalue weighted by molar-refractivity contribution is 0.103. The topological polar surface area (TPSA) is 209 Å². The molecule has 17 heteroatoms. The summed E-state index contributed by atoms with van der Waals surface area (Å²) in [5.41, 5.74) is 0.719. The minimum atomic E-state index is -4.11. The van der Waals surface area contributed by atoms with Crippen LogP contribution in [0.1, 0.15) is 31.8 Å². The number of carbonyl (C=O) groups is 2. The SMILES string of the molecule is NS(=O)(=O)c1cc(C(=O)c2cc[nH]c2)ccc1Cl.NS(=O)(=O)c1cc(C(=O)c2ccn(S(=O)(=O)c3ccccc3)c2)ccc1Cl. The van der Waals surface area contributed by atoms with Crippen LogP contribution in [0.5, 0.6) is 0 Å². The molecular weight excluding hydrogens is 687 g/mol. The number of sulfonamides is 2. The Bertz CT molecular complexity index is 2240. The normalized spacial score (nSPS) is 11.8. The fraction of sp³-hybridized carbons (Fsp3) is 0. The van der Waals surface area contributed by atoms with E-state index in [9.17, 15) is 34.8 Å². The number of primary sulfonamides is 2. The van der Waals surface area contributed by atoms with E-state index in [-0.39, 0.29) is 47.2 Å². The van der Waals surface area contributed by atoms with Gasteiger partial charge in [0.15, 0.2) is 11.6 Å². The lowest BCUT2D eigenvalue weighted by Crippen LogP contribution is -2.14. The molecule has 0 aliphatic rings. The predicted octanol–water partition coefficient (Wildman–Crippen LogP) is 3.80. The van der Waals surface area contributed by atoms with E-state index in [1.807, 2.05) is 0 Å². The number of H-pyrrole nitrogens is 1. The summed E-state index contributed by atoms with van der Waals surface area (Å²) in [5.74, 6) is -0.878. The molecule has 2 heterocycles. The van der Waals surface area contributed by atoms with Gasteiger partial charge in [-0.2, -0.15) is 0 Å². The quantitative estimate of drug-likeness (QED) is 0.201. The van der Waals surface area contributed by atoms with Gasteiger partial charge in [-0.15, -0.1) is 0 Å². The van der Waals surface area contributed by atoms with Crippen LogP contribution in [0.25, 0.3) is 0 Å². The Labute approximate surface area is 268 Å². The first-order chi connectivity index (χ1) is 21.0.